The van der Waals surface area contributed by atoms with Crippen molar-refractivity contribution in [1.29, 1.82) is 0 Å². The Bertz CT molecular complexity index is 332. The fourth-order valence-corrected chi connectivity index (χ4v) is 1.69. The van der Waals surface area contributed by atoms with Gasteiger partial charge in [-0.1, -0.05) is 12.1 Å². The largest absolute Gasteiger partial charge is 0.488 e. The molecule has 82 valence electrons. The van der Waals surface area contributed by atoms with Gasteiger partial charge in [0.15, 0.2) is 11.6 Å². The van der Waals surface area contributed by atoms with E-state index in [1.54, 1.807) is 25.1 Å². The van der Waals surface area contributed by atoms with Crippen LogP contribution in [0.15, 0.2) is 18.2 Å². The summed E-state index contributed by atoms with van der Waals surface area (Å²) in [5, 5.41) is 0. The van der Waals surface area contributed by atoms with Crippen LogP contribution in [-0.2, 0) is 4.74 Å². The maximum Gasteiger partial charge on any atom is 0.167 e. The number of ether oxygens (including phenoxy) is 2. The average Bonchev–Trinajstić information content (AvgIpc) is 2.73. The maximum absolute atomic E-state index is 13.5. The lowest BCUT2D eigenvalue weighted by atomic mass is 10.2. The first-order valence-electron chi connectivity index (χ1n) is 5.27. The summed E-state index contributed by atoms with van der Waals surface area (Å²) in [7, 11) is 0. The first-order chi connectivity index (χ1) is 7.27. The number of hydrogen-bond acceptors (Lipinski definition) is 2. The molecule has 1 heterocycles. The third-order valence-corrected chi connectivity index (χ3v) is 2.61. The van der Waals surface area contributed by atoms with Crippen molar-refractivity contribution in [3.05, 3.63) is 29.6 Å². The van der Waals surface area contributed by atoms with Crippen molar-refractivity contribution in [2.75, 3.05) is 13.2 Å². The topological polar surface area (TPSA) is 18.5 Å². The summed E-state index contributed by atoms with van der Waals surface area (Å²) >= 11 is 0. The van der Waals surface area contributed by atoms with E-state index in [2.05, 4.69) is 0 Å². The fraction of sp³-hybridized carbons (Fsp3) is 0.500. The second-order valence-corrected chi connectivity index (χ2v) is 3.83. The van der Waals surface area contributed by atoms with Gasteiger partial charge in [0.2, 0.25) is 0 Å². The Morgan fingerprint density at radius 1 is 1.53 bits per heavy atom. The molecule has 0 spiro atoms. The highest BCUT2D eigenvalue weighted by atomic mass is 19.1. The molecule has 2 nitrogen and oxygen atoms in total. The molecule has 1 aliphatic heterocycles. The van der Waals surface area contributed by atoms with E-state index < -0.39 is 0 Å². The fourth-order valence-electron chi connectivity index (χ4n) is 1.69. The first-order valence-corrected chi connectivity index (χ1v) is 5.27. The van der Waals surface area contributed by atoms with Crippen molar-refractivity contribution in [2.45, 2.75) is 25.9 Å². The van der Waals surface area contributed by atoms with Gasteiger partial charge in [-0.2, -0.15) is 0 Å². The number of aryl methyl sites for hydroxylation is 1. The third kappa shape index (κ3) is 2.48. The van der Waals surface area contributed by atoms with Crippen molar-refractivity contribution >= 4 is 0 Å². The summed E-state index contributed by atoms with van der Waals surface area (Å²) in [6.07, 6.45) is 2.21. The van der Waals surface area contributed by atoms with Gasteiger partial charge in [0.05, 0.1) is 6.10 Å². The van der Waals surface area contributed by atoms with Gasteiger partial charge < -0.3 is 9.47 Å². The third-order valence-electron chi connectivity index (χ3n) is 2.61. The molecular formula is C12H15FO2. The van der Waals surface area contributed by atoms with Crippen LogP contribution in [0.1, 0.15) is 18.4 Å². The number of halogens is 1. The highest BCUT2D eigenvalue weighted by Gasteiger charge is 2.17. The van der Waals surface area contributed by atoms with E-state index in [1.165, 1.54) is 0 Å². The molecule has 1 aromatic rings. The van der Waals surface area contributed by atoms with Gasteiger partial charge in [0.25, 0.3) is 0 Å². The second kappa shape index (κ2) is 4.62. The molecule has 0 bridgehead atoms. The molecule has 2 rings (SSSR count). The van der Waals surface area contributed by atoms with Crippen LogP contribution in [-0.4, -0.2) is 19.3 Å². The summed E-state index contributed by atoms with van der Waals surface area (Å²) in [6, 6.07) is 5.18. The molecule has 0 aromatic heterocycles. The maximum atomic E-state index is 13.5. The molecule has 0 aliphatic carbocycles. The van der Waals surface area contributed by atoms with Crippen molar-refractivity contribution in [3.63, 3.8) is 0 Å². The Morgan fingerprint density at radius 3 is 3.13 bits per heavy atom. The minimum Gasteiger partial charge on any atom is -0.488 e. The summed E-state index contributed by atoms with van der Waals surface area (Å²) < 4.78 is 24.3. The minimum absolute atomic E-state index is 0.130. The summed E-state index contributed by atoms with van der Waals surface area (Å²) in [4.78, 5) is 0. The van der Waals surface area contributed by atoms with Crippen LogP contribution < -0.4 is 4.74 Å². The number of hydrogen-bond donors (Lipinski definition) is 0. The lowest BCUT2D eigenvalue weighted by molar-refractivity contribution is 0.0665. The lowest BCUT2D eigenvalue weighted by Gasteiger charge is -2.12. The molecule has 3 heteroatoms. The number of benzene rings is 1. The van der Waals surface area contributed by atoms with Crippen LogP contribution in [0.2, 0.25) is 0 Å². The Morgan fingerprint density at radius 2 is 2.40 bits per heavy atom. The molecule has 0 radical (unpaired) electrons. The molecule has 1 atom stereocenters. The Hall–Kier alpha value is -1.09. The van der Waals surface area contributed by atoms with E-state index in [9.17, 15) is 4.39 Å². The van der Waals surface area contributed by atoms with Gasteiger partial charge in [0.1, 0.15) is 6.61 Å². The molecule has 0 unspecified atom stereocenters. The van der Waals surface area contributed by atoms with Gasteiger partial charge in [-0.05, 0) is 31.4 Å². The minimum atomic E-state index is -0.268. The zero-order valence-corrected chi connectivity index (χ0v) is 8.83. The normalized spacial score (nSPS) is 20.5. The summed E-state index contributed by atoms with van der Waals surface area (Å²) in [6.45, 7) is 2.97. The Kier molecular flexibility index (Phi) is 3.21. The predicted molar refractivity (Wildman–Crippen MR) is 55.6 cm³/mol. The molecule has 0 amide bonds. The average molecular weight is 210 g/mol. The van der Waals surface area contributed by atoms with Crippen LogP contribution in [0, 0.1) is 12.7 Å². The zero-order valence-electron chi connectivity index (χ0n) is 8.83. The molecule has 1 aromatic carbocycles. The number of rotatable bonds is 3. The van der Waals surface area contributed by atoms with Gasteiger partial charge in [-0.15, -0.1) is 0 Å². The predicted octanol–water partition coefficient (Wildman–Crippen LogP) is 2.69. The molecule has 1 aliphatic rings. The van der Waals surface area contributed by atoms with E-state index in [0.29, 0.717) is 17.9 Å². The zero-order chi connectivity index (χ0) is 10.7. The highest BCUT2D eigenvalue weighted by Crippen LogP contribution is 2.21. The first kappa shape index (κ1) is 10.4. The molecule has 0 N–H and O–H groups in total. The lowest BCUT2D eigenvalue weighted by Crippen LogP contribution is -2.16. The SMILES string of the molecule is Cc1cccc(OC[C@@H]2CCCO2)c1F. The van der Waals surface area contributed by atoms with Crippen molar-refractivity contribution < 1.29 is 13.9 Å². The van der Waals surface area contributed by atoms with E-state index in [4.69, 9.17) is 9.47 Å². The van der Waals surface area contributed by atoms with Gasteiger partial charge >= 0.3 is 0 Å². The van der Waals surface area contributed by atoms with Gasteiger partial charge in [-0.25, -0.2) is 4.39 Å². The quantitative estimate of drug-likeness (QED) is 0.763. The second-order valence-electron chi connectivity index (χ2n) is 3.83. The Labute approximate surface area is 89.0 Å². The summed E-state index contributed by atoms with van der Waals surface area (Å²) in [5.74, 6) is 0.0565. The van der Waals surface area contributed by atoms with Crippen LogP contribution in [0.5, 0.6) is 5.75 Å². The van der Waals surface area contributed by atoms with Crippen LogP contribution in [0.3, 0.4) is 0 Å². The standard InChI is InChI=1S/C12H15FO2/c1-9-4-2-6-11(12(9)13)15-8-10-5-3-7-14-10/h2,4,6,10H,3,5,7-8H2,1H3/t10-/m0/s1. The van der Waals surface area contributed by atoms with E-state index >= 15 is 0 Å². The molecule has 0 saturated carbocycles. The summed E-state index contributed by atoms with van der Waals surface area (Å²) in [5.41, 5.74) is 0.611. The smallest absolute Gasteiger partial charge is 0.167 e. The molecule has 1 fully saturated rings. The van der Waals surface area contributed by atoms with E-state index in [-0.39, 0.29) is 11.9 Å². The van der Waals surface area contributed by atoms with Crippen molar-refractivity contribution in [1.82, 2.24) is 0 Å². The van der Waals surface area contributed by atoms with Crippen LogP contribution in [0.25, 0.3) is 0 Å². The van der Waals surface area contributed by atoms with E-state index in [1.807, 2.05) is 0 Å². The van der Waals surface area contributed by atoms with Gasteiger partial charge in [0, 0.05) is 6.61 Å². The van der Waals surface area contributed by atoms with Crippen LogP contribution in [0.4, 0.5) is 4.39 Å². The van der Waals surface area contributed by atoms with Crippen molar-refractivity contribution in [3.8, 4) is 5.75 Å². The van der Waals surface area contributed by atoms with Crippen LogP contribution >= 0.6 is 0 Å². The van der Waals surface area contributed by atoms with Crippen molar-refractivity contribution in [2.24, 2.45) is 0 Å². The Balaban J connectivity index is 1.95. The highest BCUT2D eigenvalue weighted by molar-refractivity contribution is 5.30. The molecular weight excluding hydrogens is 195 g/mol. The monoisotopic (exact) mass is 210 g/mol. The molecule has 15 heavy (non-hydrogen) atoms. The van der Waals surface area contributed by atoms with Gasteiger partial charge in [-0.3, -0.25) is 0 Å². The molecule has 1 saturated heterocycles. The van der Waals surface area contributed by atoms with E-state index in [0.717, 1.165) is 19.4 Å².